The Morgan fingerprint density at radius 2 is 1.81 bits per heavy atom. The van der Waals surface area contributed by atoms with Crippen LogP contribution < -0.4 is 20.1 Å². The van der Waals surface area contributed by atoms with Crippen molar-refractivity contribution < 1.29 is 19.1 Å². The predicted molar refractivity (Wildman–Crippen MR) is 122 cm³/mol. The molecule has 2 aliphatic heterocycles. The molecule has 2 heterocycles. The van der Waals surface area contributed by atoms with Crippen molar-refractivity contribution in [1.29, 1.82) is 0 Å². The number of anilines is 1. The second-order valence-corrected chi connectivity index (χ2v) is 8.24. The van der Waals surface area contributed by atoms with Gasteiger partial charge in [-0.05, 0) is 13.0 Å². The lowest BCUT2D eigenvalue weighted by Crippen LogP contribution is -2.52. The summed E-state index contributed by atoms with van der Waals surface area (Å²) in [6, 6.07) is 13.1. The molecule has 0 radical (unpaired) electrons. The lowest BCUT2D eigenvalue weighted by molar-refractivity contribution is -0.119. The van der Waals surface area contributed by atoms with E-state index in [0.717, 1.165) is 11.1 Å². The number of aryl methyl sites for hydroxylation is 1. The third-order valence-corrected chi connectivity index (χ3v) is 5.86. The third-order valence-electron chi connectivity index (χ3n) is 5.86. The molecule has 0 bridgehead atoms. The van der Waals surface area contributed by atoms with E-state index in [2.05, 4.69) is 15.5 Å². The minimum atomic E-state index is -0.580. The zero-order valence-electron chi connectivity index (χ0n) is 18.6. The zero-order valence-corrected chi connectivity index (χ0v) is 18.6. The Morgan fingerprint density at radius 3 is 2.44 bits per heavy atom. The maximum absolute atomic E-state index is 12.6. The van der Waals surface area contributed by atoms with Gasteiger partial charge in [-0.3, -0.25) is 19.5 Å². The smallest absolute Gasteiger partial charge is 0.272 e. The number of likely N-dealkylation sites (tertiary alicyclic amines) is 1. The van der Waals surface area contributed by atoms with Crippen molar-refractivity contribution in [2.75, 3.05) is 39.2 Å². The second-order valence-electron chi connectivity index (χ2n) is 8.24. The molecule has 4 rings (SSSR count). The minimum Gasteiger partial charge on any atom is -0.497 e. The standard InChI is InChI=1S/C24H28N4O4/c1-16-5-4-6-17(11-16)22-23(30)27-24(26-22)7-9-28(10-8-24)15-21(29)25-18-12-19(31-2)14-20(13-18)32-3/h4-6,11-14H,7-10,15H2,1-3H3,(H,25,29)(H,27,30). The van der Waals surface area contributed by atoms with E-state index in [1.54, 1.807) is 32.4 Å². The highest BCUT2D eigenvalue weighted by molar-refractivity contribution is 6.46. The number of hydrogen-bond donors (Lipinski definition) is 2. The number of aliphatic imine (C=N–C) groups is 1. The number of amides is 2. The predicted octanol–water partition coefficient (Wildman–Crippen LogP) is 2.36. The molecule has 2 amide bonds. The van der Waals surface area contributed by atoms with Gasteiger partial charge in [-0.25, -0.2) is 0 Å². The molecule has 8 nitrogen and oxygen atoms in total. The van der Waals surface area contributed by atoms with Gasteiger partial charge in [-0.1, -0.05) is 23.8 Å². The summed E-state index contributed by atoms with van der Waals surface area (Å²) in [5, 5.41) is 5.98. The van der Waals surface area contributed by atoms with E-state index in [1.807, 2.05) is 31.2 Å². The Balaban J connectivity index is 1.36. The number of benzene rings is 2. The van der Waals surface area contributed by atoms with Gasteiger partial charge in [0.15, 0.2) is 0 Å². The van der Waals surface area contributed by atoms with Crippen molar-refractivity contribution in [1.82, 2.24) is 10.2 Å². The fourth-order valence-corrected chi connectivity index (χ4v) is 4.15. The topological polar surface area (TPSA) is 92.3 Å². The largest absolute Gasteiger partial charge is 0.497 e. The Bertz CT molecular complexity index is 1040. The molecule has 168 valence electrons. The van der Waals surface area contributed by atoms with Crippen LogP contribution in [0.15, 0.2) is 47.5 Å². The van der Waals surface area contributed by atoms with Crippen LogP contribution in [0.4, 0.5) is 5.69 Å². The lowest BCUT2D eigenvalue weighted by Gasteiger charge is -2.36. The van der Waals surface area contributed by atoms with Gasteiger partial charge in [0, 0.05) is 55.4 Å². The molecule has 2 aromatic rings. The summed E-state index contributed by atoms with van der Waals surface area (Å²) in [5.41, 5.74) is 2.47. The van der Waals surface area contributed by atoms with Gasteiger partial charge in [-0.2, -0.15) is 0 Å². The van der Waals surface area contributed by atoms with E-state index in [9.17, 15) is 9.59 Å². The molecule has 2 aliphatic rings. The van der Waals surface area contributed by atoms with Gasteiger partial charge in [0.2, 0.25) is 5.91 Å². The molecule has 0 aromatic heterocycles. The summed E-state index contributed by atoms with van der Waals surface area (Å²) in [7, 11) is 3.14. The first-order valence-electron chi connectivity index (χ1n) is 10.6. The molecule has 0 atom stereocenters. The summed E-state index contributed by atoms with van der Waals surface area (Å²) >= 11 is 0. The van der Waals surface area contributed by atoms with Crippen molar-refractivity contribution in [2.45, 2.75) is 25.4 Å². The minimum absolute atomic E-state index is 0.115. The third kappa shape index (κ3) is 4.75. The molecule has 1 saturated heterocycles. The summed E-state index contributed by atoms with van der Waals surface area (Å²) < 4.78 is 10.5. The van der Waals surface area contributed by atoms with Crippen LogP contribution in [0.5, 0.6) is 11.5 Å². The average Bonchev–Trinajstić information content (AvgIpc) is 3.11. The molecule has 0 saturated carbocycles. The summed E-state index contributed by atoms with van der Waals surface area (Å²) in [6.07, 6.45) is 1.32. The van der Waals surface area contributed by atoms with Gasteiger partial charge in [-0.15, -0.1) is 0 Å². The quantitative estimate of drug-likeness (QED) is 0.725. The molecule has 8 heteroatoms. The Morgan fingerprint density at radius 1 is 1.12 bits per heavy atom. The van der Waals surface area contributed by atoms with Crippen LogP contribution in [0.1, 0.15) is 24.0 Å². The number of carbonyl (C=O) groups excluding carboxylic acids is 2. The van der Waals surface area contributed by atoms with Gasteiger partial charge < -0.3 is 20.1 Å². The number of hydrogen-bond acceptors (Lipinski definition) is 6. The van der Waals surface area contributed by atoms with Gasteiger partial charge in [0.1, 0.15) is 22.9 Å². The summed E-state index contributed by atoms with van der Waals surface area (Å²) in [6.45, 7) is 3.59. The fraction of sp³-hybridized carbons (Fsp3) is 0.375. The van der Waals surface area contributed by atoms with Crippen LogP contribution in [-0.4, -0.2) is 61.9 Å². The monoisotopic (exact) mass is 436 g/mol. The molecule has 32 heavy (non-hydrogen) atoms. The van der Waals surface area contributed by atoms with Crippen molar-refractivity contribution >= 4 is 23.2 Å². The molecular formula is C24H28N4O4. The second kappa shape index (κ2) is 9.00. The van der Waals surface area contributed by atoms with Gasteiger partial charge in [0.25, 0.3) is 5.91 Å². The van der Waals surface area contributed by atoms with E-state index in [4.69, 9.17) is 14.5 Å². The highest BCUT2D eigenvalue weighted by Crippen LogP contribution is 2.29. The van der Waals surface area contributed by atoms with Crippen molar-refractivity contribution in [3.63, 3.8) is 0 Å². The fourth-order valence-electron chi connectivity index (χ4n) is 4.15. The molecule has 1 spiro atoms. The first-order chi connectivity index (χ1) is 15.4. The SMILES string of the molecule is COc1cc(NC(=O)CN2CCC3(CC2)N=C(c2cccc(C)c2)C(=O)N3)cc(OC)c1. The van der Waals surface area contributed by atoms with Crippen molar-refractivity contribution in [3.8, 4) is 11.5 Å². The van der Waals surface area contributed by atoms with E-state index >= 15 is 0 Å². The number of nitrogens with one attached hydrogen (secondary N) is 2. The highest BCUT2D eigenvalue weighted by Gasteiger charge is 2.42. The number of rotatable bonds is 6. The molecule has 0 aliphatic carbocycles. The van der Waals surface area contributed by atoms with Crippen molar-refractivity contribution in [2.24, 2.45) is 4.99 Å². The zero-order chi connectivity index (χ0) is 22.7. The number of ether oxygens (including phenoxy) is 2. The summed E-state index contributed by atoms with van der Waals surface area (Å²) in [5.74, 6) is 0.974. The number of piperidine rings is 1. The van der Waals surface area contributed by atoms with Crippen LogP contribution in [0.25, 0.3) is 0 Å². The lowest BCUT2D eigenvalue weighted by atomic mass is 9.98. The first-order valence-corrected chi connectivity index (χ1v) is 10.6. The van der Waals surface area contributed by atoms with Gasteiger partial charge in [0.05, 0.1) is 20.8 Å². The number of methoxy groups -OCH3 is 2. The van der Waals surface area contributed by atoms with Crippen molar-refractivity contribution in [3.05, 3.63) is 53.6 Å². The Kier molecular flexibility index (Phi) is 6.14. The number of carbonyl (C=O) groups is 2. The van der Waals surface area contributed by atoms with Crippen LogP contribution in [0.2, 0.25) is 0 Å². The Hall–Kier alpha value is -3.39. The molecule has 2 N–H and O–H groups in total. The van der Waals surface area contributed by atoms with Crippen LogP contribution in [-0.2, 0) is 9.59 Å². The first kappa shape index (κ1) is 21.8. The number of nitrogens with zero attached hydrogens (tertiary/aromatic N) is 2. The summed E-state index contributed by atoms with van der Waals surface area (Å²) in [4.78, 5) is 32.0. The molecular weight excluding hydrogens is 408 g/mol. The van der Waals surface area contributed by atoms with Crippen LogP contribution in [0, 0.1) is 6.92 Å². The molecule has 1 fully saturated rings. The van der Waals surface area contributed by atoms with Crippen LogP contribution >= 0.6 is 0 Å². The van der Waals surface area contributed by atoms with E-state index < -0.39 is 5.66 Å². The van der Waals surface area contributed by atoms with E-state index in [1.165, 1.54) is 0 Å². The highest BCUT2D eigenvalue weighted by atomic mass is 16.5. The molecule has 0 unspecified atom stereocenters. The normalized spacial score (nSPS) is 17.6. The Labute approximate surface area is 187 Å². The average molecular weight is 437 g/mol. The van der Waals surface area contributed by atoms with Crippen LogP contribution in [0.3, 0.4) is 0 Å². The maximum Gasteiger partial charge on any atom is 0.272 e. The molecule has 2 aromatic carbocycles. The van der Waals surface area contributed by atoms with E-state index in [0.29, 0.717) is 48.8 Å². The van der Waals surface area contributed by atoms with Gasteiger partial charge >= 0.3 is 0 Å². The maximum atomic E-state index is 12.6. The van der Waals surface area contributed by atoms with E-state index in [-0.39, 0.29) is 18.4 Å².